The molecule has 3 heteroatoms. The normalized spacial score (nSPS) is 18.1. The van der Waals surface area contributed by atoms with Crippen molar-refractivity contribution < 1.29 is 5.01 Å². The van der Waals surface area contributed by atoms with Gasteiger partial charge in [0.25, 0.3) is 0 Å². The van der Waals surface area contributed by atoms with Crippen LogP contribution in [0, 0.1) is 0 Å². The van der Waals surface area contributed by atoms with Gasteiger partial charge in [0.2, 0.25) is 5.82 Å². The molecule has 0 bridgehead atoms. The van der Waals surface area contributed by atoms with Gasteiger partial charge in [0.05, 0.1) is 11.8 Å². The number of nitrogens with one attached hydrogen (secondary N) is 2. The first kappa shape index (κ1) is 9.12. The number of hydrogen-bond acceptors (Lipinski definition) is 1. The lowest BCUT2D eigenvalue weighted by molar-refractivity contribution is -0.781. The molecule has 3 nitrogen and oxygen atoms in total. The van der Waals surface area contributed by atoms with Gasteiger partial charge in [0.1, 0.15) is 6.20 Å². The molecule has 0 fully saturated rings. The Morgan fingerprint density at radius 3 is 2.69 bits per heavy atom. The highest BCUT2D eigenvalue weighted by Crippen LogP contribution is 2.24. The molecule has 1 aliphatic heterocycles. The van der Waals surface area contributed by atoms with Gasteiger partial charge in [-0.1, -0.05) is 35.4 Å². The third-order valence-corrected chi connectivity index (χ3v) is 2.64. The molecule has 1 atom stereocenters. The molecule has 0 aliphatic carbocycles. The Bertz CT molecular complexity index is 525. The predicted octanol–water partition coefficient (Wildman–Crippen LogP) is 1.71. The minimum atomic E-state index is 0.990. The van der Waals surface area contributed by atoms with Gasteiger partial charge in [-0.25, -0.2) is 0 Å². The number of benzene rings is 1. The van der Waals surface area contributed by atoms with E-state index in [0.717, 1.165) is 10.8 Å². The zero-order valence-corrected chi connectivity index (χ0v) is 8.72. The van der Waals surface area contributed by atoms with E-state index >= 15 is 0 Å². The van der Waals surface area contributed by atoms with Crippen LogP contribution in [0.3, 0.4) is 0 Å². The standard InChI is InChI=1S/C13H11N3/c1-2-5-11(6-3-1)12-7-9-14-13(12)16-10-4-8-15-16/h1-10,14H/p+1. The van der Waals surface area contributed by atoms with Crippen LogP contribution >= 0.6 is 0 Å². The van der Waals surface area contributed by atoms with Crippen LogP contribution in [0.1, 0.15) is 0 Å². The van der Waals surface area contributed by atoms with E-state index in [1.807, 2.05) is 42.9 Å². The SMILES string of the molecule is C1=C[NH+](c2[nH]ccc2-c2ccccc2)N=C1. The zero-order chi connectivity index (χ0) is 10.8. The lowest BCUT2D eigenvalue weighted by atomic mass is 10.1. The molecule has 3 rings (SSSR count). The van der Waals surface area contributed by atoms with Crippen molar-refractivity contribution in [3.63, 3.8) is 0 Å². The minimum absolute atomic E-state index is 0.990. The molecule has 1 aromatic carbocycles. The Labute approximate surface area is 93.7 Å². The van der Waals surface area contributed by atoms with Crippen molar-refractivity contribution in [2.24, 2.45) is 5.10 Å². The molecular weight excluding hydrogens is 198 g/mol. The number of allylic oxidation sites excluding steroid dienone is 1. The fourth-order valence-corrected chi connectivity index (χ4v) is 1.89. The summed E-state index contributed by atoms with van der Waals surface area (Å²) in [6, 6.07) is 12.4. The van der Waals surface area contributed by atoms with Gasteiger partial charge in [-0.15, -0.1) is 5.01 Å². The molecule has 2 heterocycles. The highest BCUT2D eigenvalue weighted by molar-refractivity contribution is 5.74. The van der Waals surface area contributed by atoms with Crippen molar-refractivity contribution >= 4 is 12.0 Å². The highest BCUT2D eigenvalue weighted by Gasteiger charge is 2.18. The number of H-pyrrole nitrogens is 1. The first-order valence-electron chi connectivity index (χ1n) is 5.26. The maximum atomic E-state index is 4.31. The second kappa shape index (κ2) is 3.79. The van der Waals surface area contributed by atoms with Gasteiger partial charge >= 0.3 is 0 Å². The summed E-state index contributed by atoms with van der Waals surface area (Å²) in [4.78, 5) is 3.24. The number of quaternary nitrogens is 1. The van der Waals surface area contributed by atoms with Crippen LogP contribution in [-0.4, -0.2) is 11.2 Å². The van der Waals surface area contributed by atoms with Crippen LogP contribution in [0.4, 0.5) is 5.82 Å². The van der Waals surface area contributed by atoms with E-state index in [9.17, 15) is 0 Å². The Kier molecular flexibility index (Phi) is 2.16. The van der Waals surface area contributed by atoms with Crippen molar-refractivity contribution in [2.45, 2.75) is 0 Å². The summed E-state index contributed by atoms with van der Waals surface area (Å²) < 4.78 is 0. The molecule has 16 heavy (non-hydrogen) atoms. The number of aromatic amines is 1. The largest absolute Gasteiger partial charge is 0.315 e. The second-order valence-corrected chi connectivity index (χ2v) is 3.65. The van der Waals surface area contributed by atoms with E-state index in [4.69, 9.17) is 0 Å². The average molecular weight is 210 g/mol. The van der Waals surface area contributed by atoms with Crippen LogP contribution in [0.2, 0.25) is 0 Å². The number of aromatic nitrogens is 1. The van der Waals surface area contributed by atoms with Gasteiger partial charge in [-0.05, 0) is 11.6 Å². The van der Waals surface area contributed by atoms with Gasteiger partial charge in [0.15, 0.2) is 0 Å². The number of rotatable bonds is 2. The molecule has 2 N–H and O–H groups in total. The molecule has 0 spiro atoms. The third-order valence-electron chi connectivity index (χ3n) is 2.64. The Morgan fingerprint density at radius 2 is 1.94 bits per heavy atom. The van der Waals surface area contributed by atoms with Gasteiger partial charge in [-0.3, -0.25) is 0 Å². The summed E-state index contributed by atoms with van der Waals surface area (Å²) in [7, 11) is 0. The van der Waals surface area contributed by atoms with E-state index in [-0.39, 0.29) is 0 Å². The third kappa shape index (κ3) is 1.47. The van der Waals surface area contributed by atoms with Crippen molar-refractivity contribution in [2.75, 3.05) is 0 Å². The van der Waals surface area contributed by atoms with E-state index in [0.29, 0.717) is 0 Å². The van der Waals surface area contributed by atoms with Gasteiger partial charge in [-0.2, -0.15) is 0 Å². The molecular formula is C13H12N3+. The maximum Gasteiger partial charge on any atom is 0.243 e. The second-order valence-electron chi connectivity index (χ2n) is 3.65. The first-order chi connectivity index (χ1) is 7.95. The van der Waals surface area contributed by atoms with E-state index < -0.39 is 0 Å². The molecule has 0 saturated carbocycles. The fourth-order valence-electron chi connectivity index (χ4n) is 1.89. The summed E-state index contributed by atoms with van der Waals surface area (Å²) in [5.74, 6) is 1.08. The van der Waals surface area contributed by atoms with Gasteiger partial charge in [0, 0.05) is 12.3 Å². The van der Waals surface area contributed by atoms with E-state index in [1.54, 1.807) is 0 Å². The Balaban J connectivity index is 2.06. The summed E-state index contributed by atoms with van der Waals surface area (Å²) >= 11 is 0. The van der Waals surface area contributed by atoms with E-state index in [2.05, 4.69) is 28.3 Å². The molecule has 0 amide bonds. The molecule has 0 radical (unpaired) electrons. The van der Waals surface area contributed by atoms with Crippen molar-refractivity contribution in [3.05, 3.63) is 54.9 Å². The van der Waals surface area contributed by atoms with Crippen LogP contribution in [0.5, 0.6) is 0 Å². The highest BCUT2D eigenvalue weighted by atomic mass is 15.5. The van der Waals surface area contributed by atoms with Crippen LogP contribution < -0.4 is 5.01 Å². The van der Waals surface area contributed by atoms with Crippen LogP contribution in [0.25, 0.3) is 11.1 Å². The smallest absolute Gasteiger partial charge is 0.243 e. The molecule has 1 aliphatic rings. The van der Waals surface area contributed by atoms with Gasteiger partial charge < -0.3 is 4.98 Å². The average Bonchev–Trinajstić information content (AvgIpc) is 3.01. The quantitative estimate of drug-likeness (QED) is 0.756. The van der Waals surface area contributed by atoms with Crippen molar-refractivity contribution in [3.8, 4) is 11.1 Å². The number of hydrogen-bond donors (Lipinski definition) is 2. The predicted molar refractivity (Wildman–Crippen MR) is 64.5 cm³/mol. The van der Waals surface area contributed by atoms with Crippen LogP contribution in [0.15, 0.2) is 60.0 Å². The molecule has 1 aromatic heterocycles. The molecule has 78 valence electrons. The summed E-state index contributed by atoms with van der Waals surface area (Å²) in [6.07, 6.45) is 7.72. The van der Waals surface area contributed by atoms with Crippen LogP contribution in [-0.2, 0) is 0 Å². The monoisotopic (exact) mass is 210 g/mol. The fraction of sp³-hybridized carbons (Fsp3) is 0. The lowest BCUT2D eigenvalue weighted by Crippen LogP contribution is -2.96. The topological polar surface area (TPSA) is 32.6 Å². The molecule has 0 saturated heterocycles. The summed E-state index contributed by atoms with van der Waals surface area (Å²) in [6.45, 7) is 0. The summed E-state index contributed by atoms with van der Waals surface area (Å²) in [5.41, 5.74) is 2.40. The van der Waals surface area contributed by atoms with E-state index in [1.165, 1.54) is 11.1 Å². The minimum Gasteiger partial charge on any atom is -0.315 e. The number of nitrogens with zero attached hydrogens (tertiary/aromatic N) is 1. The Morgan fingerprint density at radius 1 is 1.06 bits per heavy atom. The maximum absolute atomic E-state index is 4.31. The summed E-state index contributed by atoms with van der Waals surface area (Å²) in [5, 5.41) is 5.30. The van der Waals surface area contributed by atoms with Crippen molar-refractivity contribution in [1.29, 1.82) is 0 Å². The Hall–Kier alpha value is -2.13. The molecule has 2 aromatic rings. The first-order valence-corrected chi connectivity index (χ1v) is 5.26. The van der Waals surface area contributed by atoms with Crippen molar-refractivity contribution in [1.82, 2.24) is 4.98 Å². The molecule has 1 unspecified atom stereocenters. The lowest BCUT2D eigenvalue weighted by Gasteiger charge is -2.05. The zero-order valence-electron chi connectivity index (χ0n) is 8.72.